The first-order valence-electron chi connectivity index (χ1n) is 5.49. The maximum absolute atomic E-state index is 4.28. The van der Waals surface area contributed by atoms with Crippen LogP contribution in [-0.4, -0.2) is 21.5 Å². The third kappa shape index (κ3) is 3.08. The maximum Gasteiger partial charge on any atom is 0.125 e. The summed E-state index contributed by atoms with van der Waals surface area (Å²) in [5.74, 6) is 1.98. The van der Waals surface area contributed by atoms with Gasteiger partial charge in [-0.2, -0.15) is 0 Å². The van der Waals surface area contributed by atoms with Gasteiger partial charge in [0.25, 0.3) is 0 Å². The Balaban J connectivity index is 1.70. The van der Waals surface area contributed by atoms with Gasteiger partial charge in [-0.25, -0.2) is 9.97 Å². The molecule has 16 heavy (non-hydrogen) atoms. The van der Waals surface area contributed by atoms with Crippen molar-refractivity contribution in [3.8, 4) is 0 Å². The second kappa shape index (κ2) is 5.30. The molecule has 0 unspecified atom stereocenters. The molecule has 0 aliphatic carbocycles. The molecule has 2 aromatic rings. The highest BCUT2D eigenvalue weighted by molar-refractivity contribution is 5.34. The number of rotatable bonds is 5. The number of aryl methyl sites for hydroxylation is 2. The number of anilines is 1. The van der Waals surface area contributed by atoms with Gasteiger partial charge in [0.2, 0.25) is 0 Å². The predicted molar refractivity (Wildman–Crippen MR) is 64.4 cm³/mol. The third-order valence-corrected chi connectivity index (χ3v) is 2.36. The van der Waals surface area contributed by atoms with E-state index in [1.165, 1.54) is 5.56 Å². The molecule has 0 aromatic carbocycles. The number of hydrogen-bond acceptors (Lipinski definition) is 3. The quantitative estimate of drug-likeness (QED) is 0.753. The minimum absolute atomic E-state index is 0.913. The zero-order valence-corrected chi connectivity index (χ0v) is 9.40. The Hall–Kier alpha value is -1.84. The minimum Gasteiger partial charge on any atom is -0.370 e. The molecule has 0 aliphatic heterocycles. The summed E-state index contributed by atoms with van der Waals surface area (Å²) in [4.78, 5) is 11.5. The smallest absolute Gasteiger partial charge is 0.125 e. The fraction of sp³-hybridized carbons (Fsp3) is 0.333. The largest absolute Gasteiger partial charge is 0.370 e. The average molecular weight is 216 g/mol. The topological polar surface area (TPSA) is 53.6 Å². The van der Waals surface area contributed by atoms with Crippen LogP contribution in [0.1, 0.15) is 17.8 Å². The highest BCUT2D eigenvalue weighted by Gasteiger charge is 1.95. The van der Waals surface area contributed by atoms with Gasteiger partial charge < -0.3 is 10.3 Å². The molecule has 2 N–H and O–H groups in total. The standard InChI is InChI=1S/C12H16N4/c1-10-4-5-12(16-9-10)13-6-2-3-11-14-7-8-15-11/h4-5,7-9H,2-3,6H2,1H3,(H,13,16)(H,14,15). The highest BCUT2D eigenvalue weighted by Crippen LogP contribution is 2.04. The molecule has 0 spiro atoms. The van der Waals surface area contributed by atoms with Crippen LogP contribution in [0.5, 0.6) is 0 Å². The van der Waals surface area contributed by atoms with Crippen molar-refractivity contribution in [3.05, 3.63) is 42.1 Å². The van der Waals surface area contributed by atoms with Gasteiger partial charge in [0.15, 0.2) is 0 Å². The Morgan fingerprint density at radius 2 is 2.25 bits per heavy atom. The summed E-state index contributed by atoms with van der Waals surface area (Å²) in [5, 5.41) is 3.28. The fourth-order valence-corrected chi connectivity index (χ4v) is 1.48. The molecule has 0 amide bonds. The first-order chi connectivity index (χ1) is 7.84. The lowest BCUT2D eigenvalue weighted by Crippen LogP contribution is -2.04. The van der Waals surface area contributed by atoms with E-state index in [2.05, 4.69) is 26.3 Å². The number of nitrogens with one attached hydrogen (secondary N) is 2. The van der Waals surface area contributed by atoms with Crippen LogP contribution in [-0.2, 0) is 6.42 Å². The van der Waals surface area contributed by atoms with E-state index in [-0.39, 0.29) is 0 Å². The Morgan fingerprint density at radius 1 is 1.31 bits per heavy atom. The van der Waals surface area contributed by atoms with Gasteiger partial charge in [-0.05, 0) is 25.0 Å². The van der Waals surface area contributed by atoms with E-state index >= 15 is 0 Å². The summed E-state index contributed by atoms with van der Waals surface area (Å²) >= 11 is 0. The van der Waals surface area contributed by atoms with Crippen LogP contribution in [0.15, 0.2) is 30.7 Å². The molecule has 0 aliphatic rings. The summed E-state index contributed by atoms with van der Waals surface area (Å²) in [5.41, 5.74) is 1.18. The summed E-state index contributed by atoms with van der Waals surface area (Å²) < 4.78 is 0. The first kappa shape index (κ1) is 10.7. The van der Waals surface area contributed by atoms with Crippen molar-refractivity contribution in [2.75, 3.05) is 11.9 Å². The number of imidazole rings is 1. The zero-order chi connectivity index (χ0) is 11.2. The summed E-state index contributed by atoms with van der Waals surface area (Å²) in [6.07, 6.45) is 7.51. The highest BCUT2D eigenvalue weighted by atomic mass is 15.0. The second-order valence-corrected chi connectivity index (χ2v) is 3.79. The molecule has 0 atom stereocenters. The molecular weight excluding hydrogens is 200 g/mol. The molecular formula is C12H16N4. The summed E-state index contributed by atoms with van der Waals surface area (Å²) in [7, 11) is 0. The predicted octanol–water partition coefficient (Wildman–Crippen LogP) is 2.16. The van der Waals surface area contributed by atoms with E-state index in [9.17, 15) is 0 Å². The van der Waals surface area contributed by atoms with Crippen LogP contribution in [0.25, 0.3) is 0 Å². The SMILES string of the molecule is Cc1ccc(NCCCc2ncc[nH]2)nc1. The molecule has 2 rings (SSSR count). The minimum atomic E-state index is 0.913. The first-order valence-corrected chi connectivity index (χ1v) is 5.49. The van der Waals surface area contributed by atoms with Crippen LogP contribution < -0.4 is 5.32 Å². The van der Waals surface area contributed by atoms with E-state index in [1.54, 1.807) is 6.20 Å². The molecule has 84 valence electrons. The number of nitrogens with zero attached hydrogens (tertiary/aromatic N) is 2. The Labute approximate surface area is 95.1 Å². The van der Waals surface area contributed by atoms with Crippen molar-refractivity contribution in [1.82, 2.24) is 15.0 Å². The van der Waals surface area contributed by atoms with E-state index in [0.29, 0.717) is 0 Å². The normalized spacial score (nSPS) is 10.3. The van der Waals surface area contributed by atoms with Gasteiger partial charge in [0.05, 0.1) is 0 Å². The van der Waals surface area contributed by atoms with E-state index in [4.69, 9.17) is 0 Å². The Bertz CT molecular complexity index is 405. The second-order valence-electron chi connectivity index (χ2n) is 3.79. The van der Waals surface area contributed by atoms with E-state index < -0.39 is 0 Å². The zero-order valence-electron chi connectivity index (χ0n) is 9.40. The van der Waals surface area contributed by atoms with Crippen molar-refractivity contribution >= 4 is 5.82 Å². The lowest BCUT2D eigenvalue weighted by molar-refractivity contribution is 0.814. The average Bonchev–Trinajstić information content (AvgIpc) is 2.80. The van der Waals surface area contributed by atoms with Crippen molar-refractivity contribution in [1.29, 1.82) is 0 Å². The van der Waals surface area contributed by atoms with Crippen LogP contribution in [0.4, 0.5) is 5.82 Å². The summed E-state index contributed by atoms with van der Waals surface area (Å²) in [6, 6.07) is 4.06. The number of hydrogen-bond donors (Lipinski definition) is 2. The van der Waals surface area contributed by atoms with Crippen molar-refractivity contribution in [2.45, 2.75) is 19.8 Å². The lowest BCUT2D eigenvalue weighted by atomic mass is 10.3. The van der Waals surface area contributed by atoms with Gasteiger partial charge in [-0.3, -0.25) is 0 Å². The monoisotopic (exact) mass is 216 g/mol. The third-order valence-electron chi connectivity index (χ3n) is 2.36. The van der Waals surface area contributed by atoms with Crippen LogP contribution in [0, 0.1) is 6.92 Å². The molecule has 0 bridgehead atoms. The molecule has 2 heterocycles. The molecule has 0 saturated carbocycles. The Morgan fingerprint density at radius 3 is 2.94 bits per heavy atom. The van der Waals surface area contributed by atoms with Gasteiger partial charge in [0, 0.05) is 31.6 Å². The molecule has 4 nitrogen and oxygen atoms in total. The van der Waals surface area contributed by atoms with E-state index in [1.807, 2.05) is 25.4 Å². The van der Waals surface area contributed by atoms with Crippen molar-refractivity contribution in [2.24, 2.45) is 0 Å². The molecule has 2 aromatic heterocycles. The van der Waals surface area contributed by atoms with Gasteiger partial charge >= 0.3 is 0 Å². The van der Waals surface area contributed by atoms with Crippen LogP contribution in [0.3, 0.4) is 0 Å². The van der Waals surface area contributed by atoms with Crippen LogP contribution in [0.2, 0.25) is 0 Å². The van der Waals surface area contributed by atoms with E-state index in [0.717, 1.165) is 31.0 Å². The van der Waals surface area contributed by atoms with Gasteiger partial charge in [-0.15, -0.1) is 0 Å². The number of pyridine rings is 1. The molecule has 0 radical (unpaired) electrons. The van der Waals surface area contributed by atoms with Gasteiger partial charge in [-0.1, -0.05) is 6.07 Å². The maximum atomic E-state index is 4.28. The summed E-state index contributed by atoms with van der Waals surface area (Å²) in [6.45, 7) is 2.95. The number of H-pyrrole nitrogens is 1. The van der Waals surface area contributed by atoms with Gasteiger partial charge in [0.1, 0.15) is 11.6 Å². The lowest BCUT2D eigenvalue weighted by Gasteiger charge is -2.04. The molecule has 0 fully saturated rings. The Kier molecular flexibility index (Phi) is 3.53. The number of aromatic amines is 1. The van der Waals surface area contributed by atoms with Crippen molar-refractivity contribution in [3.63, 3.8) is 0 Å². The molecule has 0 saturated heterocycles. The number of aromatic nitrogens is 3. The molecule has 4 heteroatoms. The fourth-order valence-electron chi connectivity index (χ4n) is 1.48. The van der Waals surface area contributed by atoms with Crippen LogP contribution >= 0.6 is 0 Å². The van der Waals surface area contributed by atoms with Crippen molar-refractivity contribution < 1.29 is 0 Å².